The van der Waals surface area contributed by atoms with Gasteiger partial charge in [0.05, 0.1) is 11.1 Å². The molecule has 0 bridgehead atoms. The summed E-state index contributed by atoms with van der Waals surface area (Å²) in [6.07, 6.45) is 2.60. The molecule has 4 atom stereocenters. The number of amides is 2. The van der Waals surface area contributed by atoms with Gasteiger partial charge in [0.2, 0.25) is 11.8 Å². The molecule has 4 unspecified atom stereocenters. The van der Waals surface area contributed by atoms with Crippen molar-refractivity contribution in [3.63, 3.8) is 0 Å². The first kappa shape index (κ1) is 28.3. The van der Waals surface area contributed by atoms with Gasteiger partial charge in [0.25, 0.3) is 0 Å². The average molecular weight is 576 g/mol. The molecule has 3 aliphatic heterocycles. The van der Waals surface area contributed by atoms with E-state index >= 15 is 4.39 Å². The Bertz CT molecular complexity index is 1270. The van der Waals surface area contributed by atoms with Crippen LogP contribution >= 0.6 is 23.2 Å². The maximum Gasteiger partial charge on any atom is 0.237 e. The van der Waals surface area contributed by atoms with Gasteiger partial charge < -0.3 is 20.9 Å². The molecule has 2 aromatic carbocycles. The van der Waals surface area contributed by atoms with Crippen LogP contribution in [0.25, 0.3) is 0 Å². The molecule has 0 aromatic heterocycles. The van der Waals surface area contributed by atoms with Gasteiger partial charge in [-0.2, -0.15) is 0 Å². The molecule has 0 saturated carbocycles. The number of carbonyl (C=O) groups is 2. The minimum absolute atomic E-state index is 0.0397. The molecule has 3 N–H and O–H groups in total. The molecule has 2 aromatic rings. The summed E-state index contributed by atoms with van der Waals surface area (Å²) in [7, 11) is 2.11. The van der Waals surface area contributed by atoms with E-state index in [1.165, 1.54) is 6.07 Å². The summed E-state index contributed by atoms with van der Waals surface area (Å²) in [5.74, 6) is -1.56. The number of nitrogens with zero attached hydrogens (tertiary/aromatic N) is 1. The number of hydrogen-bond donors (Lipinski definition) is 3. The Morgan fingerprint density at radius 1 is 1.18 bits per heavy atom. The van der Waals surface area contributed by atoms with Crippen molar-refractivity contribution in [1.29, 1.82) is 0 Å². The molecule has 1 spiro atoms. The third-order valence-electron chi connectivity index (χ3n) is 8.62. The summed E-state index contributed by atoms with van der Waals surface area (Å²) < 4.78 is 15.8. The molecule has 5 rings (SSSR count). The zero-order valence-corrected chi connectivity index (χ0v) is 24.4. The maximum absolute atomic E-state index is 15.8. The summed E-state index contributed by atoms with van der Waals surface area (Å²) in [4.78, 5) is 30.4. The van der Waals surface area contributed by atoms with Crippen LogP contribution in [0.3, 0.4) is 0 Å². The van der Waals surface area contributed by atoms with Gasteiger partial charge >= 0.3 is 0 Å². The number of rotatable bonds is 5. The van der Waals surface area contributed by atoms with E-state index in [-0.39, 0.29) is 27.8 Å². The quantitative estimate of drug-likeness (QED) is 0.450. The number of likely N-dealkylation sites (tertiary alicyclic amines) is 1. The predicted octanol–water partition coefficient (Wildman–Crippen LogP) is 5.34. The van der Waals surface area contributed by atoms with Crippen LogP contribution in [0.1, 0.15) is 57.1 Å². The number of benzene rings is 2. The Labute approximate surface area is 240 Å². The number of piperidine rings is 1. The Balaban J connectivity index is 1.61. The zero-order valence-electron chi connectivity index (χ0n) is 22.9. The molecule has 2 fully saturated rings. The molecule has 2 saturated heterocycles. The number of carbonyl (C=O) groups excluding carboxylic acids is 2. The highest BCUT2D eigenvalue weighted by molar-refractivity contribution is 6.31. The smallest absolute Gasteiger partial charge is 0.237 e. The van der Waals surface area contributed by atoms with Crippen LogP contribution < -0.4 is 16.0 Å². The highest BCUT2D eigenvalue weighted by atomic mass is 35.5. The predicted molar refractivity (Wildman–Crippen MR) is 154 cm³/mol. The van der Waals surface area contributed by atoms with Crippen molar-refractivity contribution >= 4 is 40.7 Å². The minimum atomic E-state index is -1.24. The van der Waals surface area contributed by atoms with Crippen molar-refractivity contribution < 1.29 is 14.0 Å². The second-order valence-corrected chi connectivity index (χ2v) is 13.4. The molecule has 210 valence electrons. The highest BCUT2D eigenvalue weighted by Gasteiger charge is 2.66. The van der Waals surface area contributed by atoms with Gasteiger partial charge in [0.1, 0.15) is 11.2 Å². The van der Waals surface area contributed by atoms with Crippen LogP contribution in [-0.2, 0) is 15.0 Å². The van der Waals surface area contributed by atoms with Crippen LogP contribution in [0.4, 0.5) is 10.1 Å². The number of fused-ring (bicyclic) bond motifs is 2. The summed E-state index contributed by atoms with van der Waals surface area (Å²) in [6, 6.07) is 8.82. The molecule has 39 heavy (non-hydrogen) atoms. The summed E-state index contributed by atoms with van der Waals surface area (Å²) in [5.41, 5.74) is 0.135. The topological polar surface area (TPSA) is 73.5 Å². The van der Waals surface area contributed by atoms with Crippen molar-refractivity contribution in [3.05, 3.63) is 63.4 Å². The maximum atomic E-state index is 15.8. The summed E-state index contributed by atoms with van der Waals surface area (Å²) in [5, 5.41) is 10.1. The van der Waals surface area contributed by atoms with E-state index < -0.39 is 29.2 Å². The SMILES string of the molecule is CN1CCC(CNC(=O)C2NC(CC(C)(C)C)C3(C(=O)Nc4cc(Cl)ccc43)C2c2cccc(Cl)c2F)CC1. The van der Waals surface area contributed by atoms with Crippen LogP contribution in [0.5, 0.6) is 0 Å². The molecule has 0 aliphatic carbocycles. The largest absolute Gasteiger partial charge is 0.354 e. The standard InChI is InChI=1S/C30H37Cl2FN4O2/c1-29(2,3)15-23-30(20-9-8-18(31)14-22(20)35-28(30)39)24(19-6-5-7-21(32)25(19)33)26(36-23)27(38)34-16-17-10-12-37(4)13-11-17/h5-9,14,17,23-24,26,36H,10-13,15-16H2,1-4H3,(H,34,38)(H,35,39). The van der Waals surface area contributed by atoms with Gasteiger partial charge in [-0.15, -0.1) is 0 Å². The summed E-state index contributed by atoms with van der Waals surface area (Å²) >= 11 is 12.6. The molecule has 3 aliphatic rings. The molecule has 6 nitrogen and oxygen atoms in total. The van der Waals surface area contributed by atoms with Gasteiger partial charge in [-0.3, -0.25) is 9.59 Å². The minimum Gasteiger partial charge on any atom is -0.354 e. The molecule has 9 heteroatoms. The van der Waals surface area contributed by atoms with Gasteiger partial charge in [-0.1, -0.05) is 62.2 Å². The first-order chi connectivity index (χ1) is 18.4. The van der Waals surface area contributed by atoms with E-state index in [9.17, 15) is 9.59 Å². The fraction of sp³-hybridized carbons (Fsp3) is 0.533. The van der Waals surface area contributed by atoms with Crippen LogP contribution in [-0.4, -0.2) is 55.5 Å². The lowest BCUT2D eigenvalue weighted by atomic mass is 9.62. The third-order valence-corrected chi connectivity index (χ3v) is 9.15. The van der Waals surface area contributed by atoms with Crippen LogP contribution in [0.15, 0.2) is 36.4 Å². The van der Waals surface area contributed by atoms with Gasteiger partial charge in [-0.05, 0) is 80.1 Å². The Kier molecular flexibility index (Phi) is 7.74. The fourth-order valence-corrected chi connectivity index (χ4v) is 7.13. The van der Waals surface area contributed by atoms with Crippen molar-refractivity contribution in [1.82, 2.24) is 15.5 Å². The molecule has 2 amide bonds. The van der Waals surface area contributed by atoms with Gasteiger partial charge in [-0.25, -0.2) is 4.39 Å². The highest BCUT2D eigenvalue weighted by Crippen LogP contribution is 2.57. The zero-order chi connectivity index (χ0) is 28.1. The molecular formula is C30H37Cl2FN4O2. The Morgan fingerprint density at radius 2 is 1.90 bits per heavy atom. The van der Waals surface area contributed by atoms with Gasteiger partial charge in [0, 0.05) is 29.2 Å². The number of halogens is 3. The van der Waals surface area contributed by atoms with Crippen molar-refractivity contribution in [2.75, 3.05) is 32.0 Å². The van der Waals surface area contributed by atoms with Crippen LogP contribution in [0, 0.1) is 17.2 Å². The molecule has 0 radical (unpaired) electrons. The monoisotopic (exact) mass is 574 g/mol. The van der Waals surface area contributed by atoms with Crippen molar-refractivity contribution in [2.24, 2.45) is 11.3 Å². The first-order valence-corrected chi connectivity index (χ1v) is 14.4. The number of nitrogens with one attached hydrogen (secondary N) is 3. The van der Waals surface area contributed by atoms with E-state index in [1.54, 1.807) is 24.3 Å². The van der Waals surface area contributed by atoms with Crippen molar-refractivity contribution in [3.8, 4) is 0 Å². The number of hydrogen-bond acceptors (Lipinski definition) is 4. The molecular weight excluding hydrogens is 538 g/mol. The van der Waals surface area contributed by atoms with E-state index in [2.05, 4.69) is 48.7 Å². The second kappa shape index (κ2) is 10.7. The van der Waals surface area contributed by atoms with Gasteiger partial charge in [0.15, 0.2) is 0 Å². The van der Waals surface area contributed by atoms with E-state index in [1.807, 2.05) is 6.07 Å². The van der Waals surface area contributed by atoms with E-state index in [0.29, 0.717) is 35.2 Å². The average Bonchev–Trinajstić information content (AvgIpc) is 3.34. The lowest BCUT2D eigenvalue weighted by Crippen LogP contribution is -2.49. The second-order valence-electron chi connectivity index (χ2n) is 12.6. The lowest BCUT2D eigenvalue weighted by molar-refractivity contribution is -0.124. The first-order valence-electron chi connectivity index (χ1n) is 13.7. The molecule has 3 heterocycles. The van der Waals surface area contributed by atoms with Crippen molar-refractivity contribution in [2.45, 2.75) is 63.5 Å². The fourth-order valence-electron chi connectivity index (χ4n) is 6.77. The number of anilines is 1. The summed E-state index contributed by atoms with van der Waals surface area (Å²) in [6.45, 7) is 8.83. The third kappa shape index (κ3) is 5.19. The Hall–Kier alpha value is -2.19. The Morgan fingerprint density at radius 3 is 2.59 bits per heavy atom. The van der Waals surface area contributed by atoms with E-state index in [4.69, 9.17) is 23.2 Å². The lowest BCUT2D eigenvalue weighted by Gasteiger charge is -2.37. The van der Waals surface area contributed by atoms with Crippen LogP contribution in [0.2, 0.25) is 10.0 Å². The van der Waals surface area contributed by atoms with E-state index in [0.717, 1.165) is 25.9 Å². The normalized spacial score (nSPS) is 27.6.